The standard InChI is InChI=1S/C18H14O/c1-15-6-5-9-18(14-15)17(12-13-19)11-10-16-7-3-2-4-8-16/h2-9,12-14H,1H3/b17-12+. The van der Waals surface area contributed by atoms with Gasteiger partial charge in [0.25, 0.3) is 0 Å². The number of allylic oxidation sites excluding steroid dienone is 2. The first kappa shape index (κ1) is 12.9. The van der Waals surface area contributed by atoms with Crippen molar-refractivity contribution >= 4 is 11.9 Å². The lowest BCUT2D eigenvalue weighted by Crippen LogP contribution is -1.84. The number of hydrogen-bond donors (Lipinski definition) is 0. The summed E-state index contributed by atoms with van der Waals surface area (Å²) in [6.07, 6.45) is 2.28. The summed E-state index contributed by atoms with van der Waals surface area (Å²) < 4.78 is 0. The van der Waals surface area contributed by atoms with Gasteiger partial charge in [0.2, 0.25) is 0 Å². The second kappa shape index (κ2) is 6.37. The third kappa shape index (κ3) is 3.69. The van der Waals surface area contributed by atoms with Crippen molar-refractivity contribution in [2.75, 3.05) is 0 Å². The quantitative estimate of drug-likeness (QED) is 0.449. The SMILES string of the molecule is Cc1cccc(/C(C#Cc2ccccc2)=C/C=O)c1. The molecule has 0 N–H and O–H groups in total. The highest BCUT2D eigenvalue weighted by atomic mass is 16.1. The summed E-state index contributed by atoms with van der Waals surface area (Å²) in [7, 11) is 0. The molecule has 0 aliphatic carbocycles. The number of aldehydes is 1. The second-order valence-corrected chi connectivity index (χ2v) is 4.20. The maximum atomic E-state index is 10.7. The van der Waals surface area contributed by atoms with Crippen molar-refractivity contribution in [3.8, 4) is 11.8 Å². The Labute approximate surface area is 113 Å². The van der Waals surface area contributed by atoms with Gasteiger partial charge in [-0.3, -0.25) is 4.79 Å². The van der Waals surface area contributed by atoms with Gasteiger partial charge in [-0.1, -0.05) is 59.9 Å². The summed E-state index contributed by atoms with van der Waals surface area (Å²) in [5.41, 5.74) is 3.79. The highest BCUT2D eigenvalue weighted by Crippen LogP contribution is 2.14. The highest BCUT2D eigenvalue weighted by Gasteiger charge is 1.98. The van der Waals surface area contributed by atoms with Crippen molar-refractivity contribution in [1.29, 1.82) is 0 Å². The summed E-state index contributed by atoms with van der Waals surface area (Å²) in [5, 5.41) is 0. The van der Waals surface area contributed by atoms with Gasteiger partial charge < -0.3 is 0 Å². The summed E-state index contributed by atoms with van der Waals surface area (Å²) in [5.74, 6) is 6.13. The van der Waals surface area contributed by atoms with Gasteiger partial charge in [0.15, 0.2) is 0 Å². The molecule has 1 nitrogen and oxygen atoms in total. The molecular weight excluding hydrogens is 232 g/mol. The third-order valence-electron chi connectivity index (χ3n) is 2.68. The van der Waals surface area contributed by atoms with Crippen LogP contribution in [0.5, 0.6) is 0 Å². The normalized spacial score (nSPS) is 10.5. The molecule has 0 saturated heterocycles. The van der Waals surface area contributed by atoms with Crippen LogP contribution in [0.3, 0.4) is 0 Å². The summed E-state index contributed by atoms with van der Waals surface area (Å²) >= 11 is 0. The predicted octanol–water partition coefficient (Wildman–Crippen LogP) is 3.63. The zero-order valence-electron chi connectivity index (χ0n) is 10.8. The van der Waals surface area contributed by atoms with E-state index in [0.717, 1.165) is 28.5 Å². The van der Waals surface area contributed by atoms with Gasteiger partial charge >= 0.3 is 0 Å². The minimum absolute atomic E-state index is 0.738. The molecule has 0 aromatic heterocycles. The first-order chi connectivity index (χ1) is 9.29. The number of aryl methyl sites for hydroxylation is 1. The Hall–Kier alpha value is -2.59. The van der Waals surface area contributed by atoms with Crippen LogP contribution in [0.1, 0.15) is 16.7 Å². The van der Waals surface area contributed by atoms with E-state index in [9.17, 15) is 4.79 Å². The molecule has 0 amide bonds. The smallest absolute Gasteiger partial charge is 0.144 e. The molecule has 0 fully saturated rings. The molecule has 19 heavy (non-hydrogen) atoms. The van der Waals surface area contributed by atoms with Crippen LogP contribution in [0.15, 0.2) is 60.7 Å². The van der Waals surface area contributed by atoms with Gasteiger partial charge in [-0.2, -0.15) is 0 Å². The van der Waals surface area contributed by atoms with Crippen LogP contribution in [-0.2, 0) is 4.79 Å². The van der Waals surface area contributed by atoms with Crippen molar-refractivity contribution in [2.45, 2.75) is 6.92 Å². The monoisotopic (exact) mass is 246 g/mol. The van der Waals surface area contributed by atoms with E-state index >= 15 is 0 Å². The van der Waals surface area contributed by atoms with Crippen molar-refractivity contribution in [3.63, 3.8) is 0 Å². The minimum Gasteiger partial charge on any atom is -0.299 e. The lowest BCUT2D eigenvalue weighted by atomic mass is 10.0. The second-order valence-electron chi connectivity index (χ2n) is 4.20. The zero-order chi connectivity index (χ0) is 13.5. The van der Waals surface area contributed by atoms with E-state index < -0.39 is 0 Å². The molecule has 0 atom stereocenters. The largest absolute Gasteiger partial charge is 0.299 e. The molecule has 0 aliphatic heterocycles. The topological polar surface area (TPSA) is 17.1 Å². The van der Waals surface area contributed by atoms with Crippen LogP contribution in [0.2, 0.25) is 0 Å². The predicted molar refractivity (Wildman–Crippen MR) is 78.5 cm³/mol. The van der Waals surface area contributed by atoms with E-state index in [1.807, 2.05) is 61.5 Å². The van der Waals surface area contributed by atoms with E-state index in [0.29, 0.717) is 0 Å². The van der Waals surface area contributed by atoms with Crippen LogP contribution in [0.25, 0.3) is 5.57 Å². The van der Waals surface area contributed by atoms with E-state index in [1.165, 1.54) is 6.08 Å². The molecule has 0 saturated carbocycles. The van der Waals surface area contributed by atoms with Gasteiger partial charge in [-0.25, -0.2) is 0 Å². The van der Waals surface area contributed by atoms with Crippen LogP contribution in [0.4, 0.5) is 0 Å². The van der Waals surface area contributed by atoms with Gasteiger partial charge in [0, 0.05) is 11.1 Å². The molecule has 1 heteroatoms. The maximum Gasteiger partial charge on any atom is 0.144 e. The Morgan fingerprint density at radius 3 is 2.53 bits per heavy atom. The van der Waals surface area contributed by atoms with Gasteiger partial charge in [-0.15, -0.1) is 0 Å². The fraction of sp³-hybridized carbons (Fsp3) is 0.0556. The number of carbonyl (C=O) groups excluding carboxylic acids is 1. The molecular formula is C18H14O. The van der Waals surface area contributed by atoms with Crippen molar-refractivity contribution in [2.24, 2.45) is 0 Å². The van der Waals surface area contributed by atoms with E-state index in [4.69, 9.17) is 0 Å². The number of hydrogen-bond acceptors (Lipinski definition) is 1. The van der Waals surface area contributed by atoms with Crippen LogP contribution in [-0.4, -0.2) is 6.29 Å². The molecule has 0 heterocycles. The average molecular weight is 246 g/mol. The van der Waals surface area contributed by atoms with Crippen molar-refractivity contribution < 1.29 is 4.79 Å². The highest BCUT2D eigenvalue weighted by molar-refractivity contribution is 5.89. The van der Waals surface area contributed by atoms with Crippen LogP contribution in [0, 0.1) is 18.8 Å². The summed E-state index contributed by atoms with van der Waals surface area (Å²) in [6.45, 7) is 2.02. The molecule has 2 aromatic carbocycles. The van der Waals surface area contributed by atoms with E-state index in [-0.39, 0.29) is 0 Å². The molecule has 0 radical (unpaired) electrons. The molecule has 92 valence electrons. The molecule has 2 rings (SSSR count). The fourth-order valence-electron chi connectivity index (χ4n) is 1.75. The van der Waals surface area contributed by atoms with Crippen LogP contribution >= 0.6 is 0 Å². The van der Waals surface area contributed by atoms with Gasteiger partial charge in [0.05, 0.1) is 0 Å². The molecule has 0 unspecified atom stereocenters. The molecule has 0 bridgehead atoms. The Bertz CT molecular complexity index is 655. The van der Waals surface area contributed by atoms with Gasteiger partial charge in [0.1, 0.15) is 6.29 Å². The average Bonchev–Trinajstić information content (AvgIpc) is 2.44. The Morgan fingerprint density at radius 1 is 1.05 bits per heavy atom. The van der Waals surface area contributed by atoms with Gasteiger partial charge in [-0.05, 0) is 30.7 Å². The number of rotatable bonds is 2. The fourth-order valence-corrected chi connectivity index (χ4v) is 1.75. The number of benzene rings is 2. The van der Waals surface area contributed by atoms with E-state index in [1.54, 1.807) is 0 Å². The zero-order valence-corrected chi connectivity index (χ0v) is 10.8. The first-order valence-corrected chi connectivity index (χ1v) is 6.09. The molecule has 0 spiro atoms. The molecule has 2 aromatic rings. The minimum atomic E-state index is 0.738. The number of carbonyl (C=O) groups is 1. The van der Waals surface area contributed by atoms with Crippen molar-refractivity contribution in [3.05, 3.63) is 77.4 Å². The lowest BCUT2D eigenvalue weighted by molar-refractivity contribution is -0.104. The molecule has 0 aliphatic rings. The third-order valence-corrected chi connectivity index (χ3v) is 2.68. The maximum absolute atomic E-state index is 10.7. The lowest BCUT2D eigenvalue weighted by Gasteiger charge is -2.00. The summed E-state index contributed by atoms with van der Waals surface area (Å²) in [4.78, 5) is 10.7. The first-order valence-electron chi connectivity index (χ1n) is 6.09. The van der Waals surface area contributed by atoms with Crippen LogP contribution < -0.4 is 0 Å². The summed E-state index contributed by atoms with van der Waals surface area (Å²) in [6, 6.07) is 17.7. The van der Waals surface area contributed by atoms with Crippen molar-refractivity contribution in [1.82, 2.24) is 0 Å². The Morgan fingerprint density at radius 2 is 1.84 bits per heavy atom. The Balaban J connectivity index is 2.36. The Kier molecular flexibility index (Phi) is 4.31. The van der Waals surface area contributed by atoms with E-state index in [2.05, 4.69) is 11.8 Å².